The van der Waals surface area contributed by atoms with Gasteiger partial charge in [-0.2, -0.15) is 0 Å². The molecule has 0 radical (unpaired) electrons. The van der Waals surface area contributed by atoms with Gasteiger partial charge in [0.2, 0.25) is 5.91 Å². The second kappa shape index (κ2) is 5.06. The minimum absolute atomic E-state index is 0.200. The van der Waals surface area contributed by atoms with Crippen LogP contribution in [0.15, 0.2) is 22.7 Å². The number of nitrogens with one attached hydrogen (secondary N) is 1. The molecule has 1 fully saturated rings. The number of carbonyl (C=O) groups excluding carboxylic acids is 1. The first-order valence-electron chi connectivity index (χ1n) is 5.43. The smallest absolute Gasteiger partial charge is 0.307 e. The van der Waals surface area contributed by atoms with E-state index in [1.807, 2.05) is 0 Å². The Morgan fingerprint density at radius 1 is 1.44 bits per heavy atom. The predicted molar refractivity (Wildman–Crippen MR) is 65.2 cm³/mol. The SMILES string of the molecule is O=C(O)[C@H]1C[C@H]1C(=O)NCc1ccc(Br)c(F)c1. The van der Waals surface area contributed by atoms with E-state index in [0.717, 1.165) is 0 Å². The Labute approximate surface area is 111 Å². The molecule has 1 amide bonds. The summed E-state index contributed by atoms with van der Waals surface area (Å²) in [6.45, 7) is 0.200. The van der Waals surface area contributed by atoms with Crippen LogP contribution in [-0.4, -0.2) is 17.0 Å². The van der Waals surface area contributed by atoms with Crippen molar-refractivity contribution >= 4 is 27.8 Å². The zero-order valence-corrected chi connectivity index (χ0v) is 10.9. The van der Waals surface area contributed by atoms with Gasteiger partial charge in [-0.05, 0) is 40.0 Å². The van der Waals surface area contributed by atoms with Crippen molar-refractivity contribution in [3.05, 3.63) is 34.1 Å². The predicted octanol–water partition coefficient (Wildman–Crippen LogP) is 1.93. The molecule has 4 nitrogen and oxygen atoms in total. The van der Waals surface area contributed by atoms with Crippen LogP contribution in [0.25, 0.3) is 0 Å². The average molecular weight is 316 g/mol. The van der Waals surface area contributed by atoms with Gasteiger partial charge in [-0.25, -0.2) is 4.39 Å². The highest BCUT2D eigenvalue weighted by Crippen LogP contribution is 2.38. The number of amides is 1. The molecule has 0 unspecified atom stereocenters. The van der Waals surface area contributed by atoms with E-state index in [4.69, 9.17) is 5.11 Å². The van der Waals surface area contributed by atoms with Gasteiger partial charge in [0, 0.05) is 6.54 Å². The second-order valence-corrected chi connectivity index (χ2v) is 5.11. The van der Waals surface area contributed by atoms with Crippen LogP contribution in [0.5, 0.6) is 0 Å². The standard InChI is InChI=1S/C12H11BrFNO3/c13-9-2-1-6(3-10(9)14)5-15-11(16)7-4-8(7)12(17)18/h1-3,7-8H,4-5H2,(H,15,16)(H,17,18)/t7-,8+/m1/s1. The van der Waals surface area contributed by atoms with Crippen molar-refractivity contribution in [3.8, 4) is 0 Å². The molecule has 2 N–H and O–H groups in total. The van der Waals surface area contributed by atoms with Crippen molar-refractivity contribution in [2.24, 2.45) is 11.8 Å². The van der Waals surface area contributed by atoms with Gasteiger partial charge < -0.3 is 10.4 Å². The molecule has 1 aliphatic carbocycles. The monoisotopic (exact) mass is 315 g/mol. The molecule has 1 aliphatic rings. The molecule has 0 aliphatic heterocycles. The van der Waals surface area contributed by atoms with Gasteiger partial charge >= 0.3 is 5.97 Å². The highest BCUT2D eigenvalue weighted by molar-refractivity contribution is 9.10. The normalized spacial score (nSPS) is 21.4. The maximum Gasteiger partial charge on any atom is 0.307 e. The third-order valence-corrected chi connectivity index (χ3v) is 3.54. The van der Waals surface area contributed by atoms with Crippen LogP contribution >= 0.6 is 15.9 Å². The topological polar surface area (TPSA) is 66.4 Å². The first-order valence-corrected chi connectivity index (χ1v) is 6.23. The summed E-state index contributed by atoms with van der Waals surface area (Å²) in [7, 11) is 0. The van der Waals surface area contributed by atoms with Gasteiger partial charge in [0.05, 0.1) is 16.3 Å². The quantitative estimate of drug-likeness (QED) is 0.892. The van der Waals surface area contributed by atoms with Crippen molar-refractivity contribution in [2.75, 3.05) is 0 Å². The van der Waals surface area contributed by atoms with Crippen LogP contribution < -0.4 is 5.32 Å². The molecule has 2 rings (SSSR count). The van der Waals surface area contributed by atoms with Crippen LogP contribution in [-0.2, 0) is 16.1 Å². The fraction of sp³-hybridized carbons (Fsp3) is 0.333. The fourth-order valence-electron chi connectivity index (χ4n) is 1.73. The summed E-state index contributed by atoms with van der Waals surface area (Å²) in [6.07, 6.45) is 0.385. The summed E-state index contributed by atoms with van der Waals surface area (Å²) < 4.78 is 13.6. The maximum absolute atomic E-state index is 13.2. The number of carbonyl (C=O) groups is 2. The third kappa shape index (κ3) is 2.87. The van der Waals surface area contributed by atoms with Crippen molar-refractivity contribution in [1.82, 2.24) is 5.32 Å². The molecule has 0 spiro atoms. The fourth-order valence-corrected chi connectivity index (χ4v) is 1.97. The summed E-state index contributed by atoms with van der Waals surface area (Å²) in [5.41, 5.74) is 0.636. The van der Waals surface area contributed by atoms with Gasteiger partial charge in [-0.1, -0.05) is 6.07 Å². The molecular weight excluding hydrogens is 305 g/mol. The van der Waals surface area contributed by atoms with E-state index in [0.29, 0.717) is 16.5 Å². The molecular formula is C12H11BrFNO3. The largest absolute Gasteiger partial charge is 0.481 e. The number of carboxylic acid groups (broad SMARTS) is 1. The van der Waals surface area contributed by atoms with Gasteiger partial charge in [0.15, 0.2) is 0 Å². The summed E-state index contributed by atoms with van der Waals surface area (Å²) >= 11 is 3.04. The Kier molecular flexibility index (Phi) is 3.65. The summed E-state index contributed by atoms with van der Waals surface area (Å²) in [6, 6.07) is 4.58. The molecule has 0 bridgehead atoms. The van der Waals surface area contributed by atoms with Crippen molar-refractivity contribution in [2.45, 2.75) is 13.0 Å². The summed E-state index contributed by atoms with van der Waals surface area (Å²) in [4.78, 5) is 22.2. The molecule has 0 heterocycles. The minimum Gasteiger partial charge on any atom is -0.481 e. The molecule has 0 aromatic heterocycles. The van der Waals surface area contributed by atoms with E-state index >= 15 is 0 Å². The zero-order valence-electron chi connectivity index (χ0n) is 9.32. The van der Waals surface area contributed by atoms with E-state index in [9.17, 15) is 14.0 Å². The molecule has 96 valence electrons. The molecule has 1 aromatic carbocycles. The molecule has 1 aromatic rings. The van der Waals surface area contributed by atoms with Gasteiger partial charge in [-0.15, -0.1) is 0 Å². The van der Waals surface area contributed by atoms with E-state index in [1.165, 1.54) is 6.07 Å². The number of hydrogen-bond acceptors (Lipinski definition) is 2. The number of hydrogen-bond donors (Lipinski definition) is 2. The van der Waals surface area contributed by atoms with Crippen LogP contribution in [0.3, 0.4) is 0 Å². The lowest BCUT2D eigenvalue weighted by atomic mass is 10.2. The Morgan fingerprint density at radius 2 is 2.17 bits per heavy atom. The van der Waals surface area contributed by atoms with Crippen LogP contribution in [0.2, 0.25) is 0 Å². The number of aliphatic carboxylic acids is 1. The van der Waals surface area contributed by atoms with Gasteiger partial charge in [0.1, 0.15) is 5.82 Å². The maximum atomic E-state index is 13.2. The highest BCUT2D eigenvalue weighted by Gasteiger charge is 2.48. The van der Waals surface area contributed by atoms with E-state index in [-0.39, 0.29) is 12.5 Å². The third-order valence-electron chi connectivity index (χ3n) is 2.90. The molecule has 0 saturated heterocycles. The van der Waals surface area contributed by atoms with Crippen LogP contribution in [0.4, 0.5) is 4.39 Å². The Balaban J connectivity index is 1.87. The lowest BCUT2D eigenvalue weighted by Crippen LogP contribution is -2.25. The highest BCUT2D eigenvalue weighted by atomic mass is 79.9. The second-order valence-electron chi connectivity index (χ2n) is 4.25. The molecule has 6 heteroatoms. The molecule has 1 saturated carbocycles. The van der Waals surface area contributed by atoms with Crippen LogP contribution in [0, 0.1) is 17.7 Å². The number of carboxylic acids is 1. The van der Waals surface area contributed by atoms with Crippen LogP contribution in [0.1, 0.15) is 12.0 Å². The summed E-state index contributed by atoms with van der Waals surface area (Å²) in [5.74, 6) is -2.62. The summed E-state index contributed by atoms with van der Waals surface area (Å²) in [5, 5.41) is 11.3. The molecule has 18 heavy (non-hydrogen) atoms. The Morgan fingerprint density at radius 3 is 2.72 bits per heavy atom. The van der Waals surface area contributed by atoms with E-state index in [1.54, 1.807) is 12.1 Å². The lowest BCUT2D eigenvalue weighted by Gasteiger charge is -2.05. The Hall–Kier alpha value is -1.43. The number of halogens is 2. The Bertz CT molecular complexity index is 506. The zero-order chi connectivity index (χ0) is 13.3. The van der Waals surface area contributed by atoms with Crippen molar-refractivity contribution in [1.29, 1.82) is 0 Å². The first-order chi connectivity index (χ1) is 8.49. The number of benzene rings is 1. The minimum atomic E-state index is -0.940. The molecule has 2 atom stereocenters. The van der Waals surface area contributed by atoms with Gasteiger partial charge in [0.25, 0.3) is 0 Å². The lowest BCUT2D eigenvalue weighted by molar-refractivity contribution is -0.140. The van der Waals surface area contributed by atoms with Crippen molar-refractivity contribution < 1.29 is 19.1 Å². The van der Waals surface area contributed by atoms with Crippen molar-refractivity contribution in [3.63, 3.8) is 0 Å². The first kappa shape index (κ1) is 13.0. The van der Waals surface area contributed by atoms with E-state index in [2.05, 4.69) is 21.2 Å². The van der Waals surface area contributed by atoms with Gasteiger partial charge in [-0.3, -0.25) is 9.59 Å². The average Bonchev–Trinajstić information content (AvgIpc) is 3.10. The number of rotatable bonds is 4. The van der Waals surface area contributed by atoms with E-state index < -0.39 is 23.6 Å².